The number of rotatable bonds is 4. The highest BCUT2D eigenvalue weighted by Crippen LogP contribution is 2.37. The van der Waals surface area contributed by atoms with Gasteiger partial charge < -0.3 is 24.8 Å². The highest BCUT2D eigenvalue weighted by molar-refractivity contribution is 5.97. The van der Waals surface area contributed by atoms with Crippen molar-refractivity contribution in [1.82, 2.24) is 10.2 Å². The van der Waals surface area contributed by atoms with E-state index in [1.54, 1.807) is 14.1 Å². The van der Waals surface area contributed by atoms with Crippen LogP contribution in [0.25, 0.3) is 0 Å². The first kappa shape index (κ1) is 14.0. The Balaban J connectivity index is 1.98. The van der Waals surface area contributed by atoms with Crippen LogP contribution in [0.3, 0.4) is 0 Å². The maximum Gasteiger partial charge on any atom is 0.255 e. The van der Waals surface area contributed by atoms with Crippen LogP contribution in [0.1, 0.15) is 16.8 Å². The number of hydrogen-bond acceptors (Lipinski definition) is 5. The molecule has 0 aliphatic carbocycles. The monoisotopic (exact) mass is 280 g/mol. The molecule has 1 aromatic carbocycles. The molecule has 1 aliphatic heterocycles. The number of phenols is 1. The van der Waals surface area contributed by atoms with Crippen molar-refractivity contribution in [3.8, 4) is 17.2 Å². The van der Waals surface area contributed by atoms with Crippen LogP contribution >= 0.6 is 0 Å². The van der Waals surface area contributed by atoms with Gasteiger partial charge in [0.25, 0.3) is 5.91 Å². The summed E-state index contributed by atoms with van der Waals surface area (Å²) in [6, 6.07) is 2.75. The van der Waals surface area contributed by atoms with Crippen LogP contribution in [-0.2, 0) is 4.79 Å². The second-order valence-electron chi connectivity index (χ2n) is 4.52. The van der Waals surface area contributed by atoms with Gasteiger partial charge in [0.15, 0.2) is 11.5 Å². The van der Waals surface area contributed by atoms with Crippen LogP contribution in [0.15, 0.2) is 12.1 Å². The van der Waals surface area contributed by atoms with Crippen molar-refractivity contribution in [2.45, 2.75) is 6.42 Å². The lowest BCUT2D eigenvalue weighted by atomic mass is 10.1. The van der Waals surface area contributed by atoms with Gasteiger partial charge in [-0.3, -0.25) is 9.59 Å². The zero-order valence-corrected chi connectivity index (χ0v) is 11.3. The van der Waals surface area contributed by atoms with Crippen LogP contribution < -0.4 is 14.8 Å². The third kappa shape index (κ3) is 2.93. The van der Waals surface area contributed by atoms with E-state index in [9.17, 15) is 14.7 Å². The van der Waals surface area contributed by atoms with Gasteiger partial charge in [-0.05, 0) is 0 Å². The minimum Gasteiger partial charge on any atom is -0.507 e. The minimum absolute atomic E-state index is 0.0666. The maximum absolute atomic E-state index is 11.9. The van der Waals surface area contributed by atoms with Gasteiger partial charge >= 0.3 is 0 Å². The fourth-order valence-electron chi connectivity index (χ4n) is 1.71. The molecule has 0 bridgehead atoms. The Hall–Kier alpha value is -2.44. The summed E-state index contributed by atoms with van der Waals surface area (Å²) < 4.78 is 10.2. The normalized spacial score (nSPS) is 12.1. The summed E-state index contributed by atoms with van der Waals surface area (Å²) in [6.07, 6.45) is 0.198. The summed E-state index contributed by atoms with van der Waals surface area (Å²) in [6.45, 7) is 0.265. The van der Waals surface area contributed by atoms with Gasteiger partial charge in [0.2, 0.25) is 12.7 Å². The summed E-state index contributed by atoms with van der Waals surface area (Å²) in [5.74, 6) is 0.0809. The largest absolute Gasteiger partial charge is 0.507 e. The van der Waals surface area contributed by atoms with Crippen LogP contribution in [0, 0.1) is 0 Å². The molecule has 1 aliphatic rings. The number of hydrogen-bond donors (Lipinski definition) is 2. The molecule has 0 unspecified atom stereocenters. The molecule has 7 heteroatoms. The average Bonchev–Trinajstić information content (AvgIpc) is 2.84. The van der Waals surface area contributed by atoms with Crippen molar-refractivity contribution in [1.29, 1.82) is 0 Å². The van der Waals surface area contributed by atoms with Gasteiger partial charge in [0, 0.05) is 39.2 Å². The summed E-state index contributed by atoms with van der Waals surface area (Å²) in [5.41, 5.74) is 0.0894. The molecular weight excluding hydrogens is 264 g/mol. The Bertz CT molecular complexity index is 542. The number of amides is 2. The summed E-state index contributed by atoms with van der Waals surface area (Å²) >= 11 is 0. The molecule has 0 radical (unpaired) electrons. The van der Waals surface area contributed by atoms with Crippen molar-refractivity contribution in [3.63, 3.8) is 0 Å². The van der Waals surface area contributed by atoms with Crippen molar-refractivity contribution in [2.24, 2.45) is 0 Å². The molecule has 7 nitrogen and oxygen atoms in total. The standard InChI is InChI=1S/C13H16N2O5/c1-15(2)12(17)3-4-14-13(18)8-5-10-11(6-9(8)16)20-7-19-10/h5-6,16H,3-4,7H2,1-2H3,(H,14,18). The third-order valence-electron chi connectivity index (χ3n) is 2.86. The van der Waals surface area contributed by atoms with Gasteiger partial charge in [-0.15, -0.1) is 0 Å². The van der Waals surface area contributed by atoms with Crippen molar-refractivity contribution < 1.29 is 24.2 Å². The lowest BCUT2D eigenvalue weighted by Gasteiger charge is -2.11. The molecule has 2 amide bonds. The zero-order valence-electron chi connectivity index (χ0n) is 11.3. The Labute approximate surface area is 116 Å². The Morgan fingerprint density at radius 3 is 2.60 bits per heavy atom. The molecule has 0 atom stereocenters. The van der Waals surface area contributed by atoms with Crippen molar-refractivity contribution in [3.05, 3.63) is 17.7 Å². The average molecular weight is 280 g/mol. The first-order valence-corrected chi connectivity index (χ1v) is 6.10. The molecule has 0 saturated carbocycles. The van der Waals surface area contributed by atoms with Gasteiger partial charge in [-0.1, -0.05) is 0 Å². The van der Waals surface area contributed by atoms with E-state index in [1.165, 1.54) is 17.0 Å². The quantitative estimate of drug-likeness (QED) is 0.829. The fourth-order valence-corrected chi connectivity index (χ4v) is 1.71. The molecule has 2 rings (SSSR count). The Kier molecular flexibility index (Phi) is 3.97. The second kappa shape index (κ2) is 5.68. The number of aromatic hydroxyl groups is 1. The van der Waals surface area contributed by atoms with E-state index < -0.39 is 5.91 Å². The Morgan fingerprint density at radius 2 is 1.95 bits per heavy atom. The second-order valence-corrected chi connectivity index (χ2v) is 4.52. The molecule has 0 fully saturated rings. The number of carbonyl (C=O) groups is 2. The van der Waals surface area contributed by atoms with Crippen LogP contribution in [0.2, 0.25) is 0 Å². The molecule has 2 N–H and O–H groups in total. The SMILES string of the molecule is CN(C)C(=O)CCNC(=O)c1cc2c(cc1O)OCO2. The number of phenolic OH excluding ortho intramolecular Hbond substituents is 1. The van der Waals surface area contributed by atoms with E-state index in [-0.39, 0.29) is 37.0 Å². The van der Waals surface area contributed by atoms with E-state index in [2.05, 4.69) is 5.32 Å². The minimum atomic E-state index is -0.465. The van der Waals surface area contributed by atoms with E-state index >= 15 is 0 Å². The van der Waals surface area contributed by atoms with Gasteiger partial charge in [0.1, 0.15) is 5.75 Å². The lowest BCUT2D eigenvalue weighted by Crippen LogP contribution is -2.30. The van der Waals surface area contributed by atoms with E-state index in [0.29, 0.717) is 11.5 Å². The van der Waals surface area contributed by atoms with Crippen LogP contribution in [0.4, 0.5) is 0 Å². The van der Waals surface area contributed by atoms with Gasteiger partial charge in [-0.2, -0.15) is 0 Å². The third-order valence-corrected chi connectivity index (χ3v) is 2.86. The highest BCUT2D eigenvalue weighted by atomic mass is 16.7. The Morgan fingerprint density at radius 1 is 1.30 bits per heavy atom. The van der Waals surface area contributed by atoms with Crippen molar-refractivity contribution >= 4 is 11.8 Å². The summed E-state index contributed by atoms with van der Waals surface area (Å²) in [7, 11) is 3.29. The molecule has 0 saturated heterocycles. The molecule has 108 valence electrons. The van der Waals surface area contributed by atoms with Crippen molar-refractivity contribution in [2.75, 3.05) is 27.4 Å². The lowest BCUT2D eigenvalue weighted by molar-refractivity contribution is -0.128. The smallest absolute Gasteiger partial charge is 0.255 e. The number of benzene rings is 1. The van der Waals surface area contributed by atoms with Gasteiger partial charge in [0.05, 0.1) is 5.56 Å². The molecule has 0 aromatic heterocycles. The van der Waals surface area contributed by atoms with Crippen LogP contribution in [0.5, 0.6) is 17.2 Å². The summed E-state index contributed by atoms with van der Waals surface area (Å²) in [5, 5.41) is 12.3. The fraction of sp³-hybridized carbons (Fsp3) is 0.385. The molecule has 1 heterocycles. The number of nitrogens with one attached hydrogen (secondary N) is 1. The predicted octanol–water partition coefficient (Wildman–Crippen LogP) is 0.329. The van der Waals surface area contributed by atoms with E-state index in [4.69, 9.17) is 9.47 Å². The van der Waals surface area contributed by atoms with E-state index in [1.807, 2.05) is 0 Å². The topological polar surface area (TPSA) is 88.1 Å². The molecule has 0 spiro atoms. The summed E-state index contributed by atoms with van der Waals surface area (Å²) in [4.78, 5) is 24.7. The zero-order chi connectivity index (χ0) is 14.7. The first-order valence-electron chi connectivity index (χ1n) is 6.10. The number of nitrogens with zero attached hydrogens (tertiary/aromatic N) is 1. The molecule has 20 heavy (non-hydrogen) atoms. The number of fused-ring (bicyclic) bond motifs is 1. The van der Waals surface area contributed by atoms with E-state index in [0.717, 1.165) is 0 Å². The van der Waals surface area contributed by atoms with Crippen LogP contribution in [-0.4, -0.2) is 49.3 Å². The molecule has 1 aromatic rings. The number of carbonyl (C=O) groups excluding carboxylic acids is 2. The molecular formula is C13H16N2O5. The first-order chi connectivity index (χ1) is 9.49. The maximum atomic E-state index is 11.9. The van der Waals surface area contributed by atoms with Gasteiger partial charge in [-0.25, -0.2) is 0 Å². The number of ether oxygens (including phenoxy) is 2. The highest BCUT2D eigenvalue weighted by Gasteiger charge is 2.20. The predicted molar refractivity (Wildman–Crippen MR) is 69.9 cm³/mol.